The van der Waals surface area contributed by atoms with E-state index in [4.69, 9.17) is 9.47 Å². The predicted octanol–water partition coefficient (Wildman–Crippen LogP) is 4.77. The van der Waals surface area contributed by atoms with E-state index >= 15 is 0 Å². The predicted molar refractivity (Wildman–Crippen MR) is 123 cm³/mol. The average molecular weight is 434 g/mol. The zero-order valence-electron chi connectivity index (χ0n) is 20.3. The Bertz CT molecular complexity index is 791. The number of alkyl carbamates (subject to hydrolysis) is 1. The van der Waals surface area contributed by atoms with Crippen molar-refractivity contribution in [2.75, 3.05) is 18.0 Å². The Kier molecular flexibility index (Phi) is 7.63. The van der Waals surface area contributed by atoms with Gasteiger partial charge >= 0.3 is 12.2 Å². The maximum atomic E-state index is 12.8. The molecule has 2 N–H and O–H groups in total. The number of para-hydroxylation sites is 1. The fourth-order valence-electron chi connectivity index (χ4n) is 3.38. The Labute approximate surface area is 186 Å². The maximum Gasteiger partial charge on any atom is 0.414 e. The van der Waals surface area contributed by atoms with Crippen LogP contribution >= 0.6 is 0 Å². The summed E-state index contributed by atoms with van der Waals surface area (Å²) in [7, 11) is 0. The van der Waals surface area contributed by atoms with Gasteiger partial charge < -0.3 is 20.1 Å². The number of fused-ring (bicyclic) bond motifs is 1. The first-order chi connectivity index (χ1) is 14.2. The first kappa shape index (κ1) is 25.0. The second-order valence-corrected chi connectivity index (χ2v) is 10.8. The first-order valence-electron chi connectivity index (χ1n) is 11.0. The van der Waals surface area contributed by atoms with Gasteiger partial charge in [0.25, 0.3) is 0 Å². The van der Waals surface area contributed by atoms with Crippen molar-refractivity contribution in [2.45, 2.75) is 91.5 Å². The van der Waals surface area contributed by atoms with Gasteiger partial charge in [-0.05, 0) is 79.4 Å². The molecule has 0 fully saturated rings. The number of benzene rings is 1. The maximum absolute atomic E-state index is 12.8. The lowest BCUT2D eigenvalue weighted by molar-refractivity contribution is 0.0511. The highest BCUT2D eigenvalue weighted by molar-refractivity contribution is 5.90. The minimum Gasteiger partial charge on any atom is -0.444 e. The number of ether oxygens (including phenoxy) is 2. The molecule has 0 spiro atoms. The van der Waals surface area contributed by atoms with Gasteiger partial charge in [0.15, 0.2) is 0 Å². The standard InChI is InChI=1S/C24H39N3O4/c1-22(2,3)30-20(28)25-16-24(7,8)26-15-18-12-9-11-17-13-10-14-27(19(17)18)21(29)31-23(4,5)6/h9,11-12,26H,10,13-16H2,1-8H3,(H,25,28). The second kappa shape index (κ2) is 9.47. The van der Waals surface area contributed by atoms with Gasteiger partial charge in [0.1, 0.15) is 11.2 Å². The largest absolute Gasteiger partial charge is 0.444 e. The third kappa shape index (κ3) is 8.05. The van der Waals surface area contributed by atoms with Crippen molar-refractivity contribution in [1.29, 1.82) is 0 Å². The number of carbonyl (C=O) groups is 2. The van der Waals surface area contributed by atoms with Crippen LogP contribution in [0, 0.1) is 0 Å². The molecule has 1 aromatic carbocycles. The molecule has 0 radical (unpaired) electrons. The summed E-state index contributed by atoms with van der Waals surface area (Å²) in [6, 6.07) is 6.14. The Morgan fingerprint density at radius 3 is 2.26 bits per heavy atom. The zero-order valence-corrected chi connectivity index (χ0v) is 20.3. The van der Waals surface area contributed by atoms with E-state index in [1.54, 1.807) is 4.90 Å². The van der Waals surface area contributed by atoms with Gasteiger partial charge in [0.05, 0.1) is 5.69 Å². The van der Waals surface area contributed by atoms with Crippen LogP contribution in [0.4, 0.5) is 15.3 Å². The summed E-state index contributed by atoms with van der Waals surface area (Å²) in [5.74, 6) is 0. The lowest BCUT2D eigenvalue weighted by Gasteiger charge is -2.34. The normalized spacial score (nSPS) is 14.6. The van der Waals surface area contributed by atoms with Crippen LogP contribution in [0.25, 0.3) is 0 Å². The molecule has 2 amide bonds. The molecule has 2 rings (SSSR count). The number of aryl methyl sites for hydroxylation is 1. The lowest BCUT2D eigenvalue weighted by atomic mass is 9.97. The van der Waals surface area contributed by atoms with Crippen LogP contribution in [0.1, 0.15) is 72.9 Å². The van der Waals surface area contributed by atoms with E-state index in [1.165, 1.54) is 0 Å². The molecular weight excluding hydrogens is 394 g/mol. The summed E-state index contributed by atoms with van der Waals surface area (Å²) in [6.07, 6.45) is 1.10. The van der Waals surface area contributed by atoms with Gasteiger partial charge in [-0.2, -0.15) is 0 Å². The molecule has 0 atom stereocenters. The molecule has 7 nitrogen and oxygen atoms in total. The molecule has 1 aromatic rings. The third-order valence-corrected chi connectivity index (χ3v) is 4.75. The highest BCUT2D eigenvalue weighted by atomic mass is 16.6. The number of amides is 2. The lowest BCUT2D eigenvalue weighted by Crippen LogP contribution is -2.49. The number of carbonyl (C=O) groups excluding carboxylic acids is 2. The molecule has 1 aliphatic heterocycles. The number of hydrogen-bond donors (Lipinski definition) is 2. The first-order valence-corrected chi connectivity index (χ1v) is 11.0. The highest BCUT2D eigenvalue weighted by Crippen LogP contribution is 2.32. The summed E-state index contributed by atoms with van der Waals surface area (Å²) in [5.41, 5.74) is 1.68. The van der Waals surface area contributed by atoms with Gasteiger partial charge in [-0.15, -0.1) is 0 Å². The third-order valence-electron chi connectivity index (χ3n) is 4.75. The highest BCUT2D eigenvalue weighted by Gasteiger charge is 2.30. The summed E-state index contributed by atoms with van der Waals surface area (Å²) in [6.45, 7) is 16.8. The van der Waals surface area contributed by atoms with E-state index < -0.39 is 17.3 Å². The second-order valence-electron chi connectivity index (χ2n) is 10.8. The average Bonchev–Trinajstić information content (AvgIpc) is 2.61. The fraction of sp³-hybridized carbons (Fsp3) is 0.667. The molecule has 0 bridgehead atoms. The number of hydrogen-bond acceptors (Lipinski definition) is 5. The summed E-state index contributed by atoms with van der Waals surface area (Å²) in [4.78, 5) is 26.6. The van der Waals surface area contributed by atoms with E-state index in [2.05, 4.69) is 16.7 Å². The van der Waals surface area contributed by atoms with E-state index in [9.17, 15) is 9.59 Å². The number of nitrogens with zero attached hydrogens (tertiary/aromatic N) is 1. The molecule has 1 heterocycles. The van der Waals surface area contributed by atoms with E-state index in [0.717, 1.165) is 29.7 Å². The van der Waals surface area contributed by atoms with E-state index in [1.807, 2.05) is 67.5 Å². The van der Waals surface area contributed by atoms with Crippen molar-refractivity contribution in [2.24, 2.45) is 0 Å². The van der Waals surface area contributed by atoms with Crippen LogP contribution in [-0.4, -0.2) is 42.0 Å². The molecule has 0 aromatic heterocycles. The SMILES string of the molecule is CC(C)(CNC(=O)OC(C)(C)C)NCc1cccc2c1N(C(=O)OC(C)(C)C)CCC2. The van der Waals surface area contributed by atoms with Gasteiger partial charge in [-0.25, -0.2) is 9.59 Å². The van der Waals surface area contributed by atoms with Crippen LogP contribution in [-0.2, 0) is 22.4 Å². The summed E-state index contributed by atoms with van der Waals surface area (Å²) < 4.78 is 11.0. The number of anilines is 1. The van der Waals surface area contributed by atoms with Gasteiger partial charge in [-0.1, -0.05) is 18.2 Å². The molecule has 1 aliphatic rings. The molecule has 0 aliphatic carbocycles. The minimum absolute atomic E-state index is 0.313. The molecule has 174 valence electrons. The molecule has 0 saturated carbocycles. The Hall–Kier alpha value is -2.28. The van der Waals surface area contributed by atoms with Crippen molar-refractivity contribution in [1.82, 2.24) is 10.6 Å². The van der Waals surface area contributed by atoms with Crippen molar-refractivity contribution < 1.29 is 19.1 Å². The molecule has 0 unspecified atom stereocenters. The Balaban J connectivity index is 2.09. The van der Waals surface area contributed by atoms with Gasteiger partial charge in [-0.3, -0.25) is 4.90 Å². The minimum atomic E-state index is -0.544. The topological polar surface area (TPSA) is 79.9 Å². The van der Waals surface area contributed by atoms with Crippen molar-refractivity contribution in [3.8, 4) is 0 Å². The molecular formula is C24H39N3O4. The van der Waals surface area contributed by atoms with E-state index in [-0.39, 0.29) is 11.6 Å². The quantitative estimate of drug-likeness (QED) is 0.699. The van der Waals surface area contributed by atoms with Gasteiger partial charge in [0, 0.05) is 25.2 Å². The molecule has 31 heavy (non-hydrogen) atoms. The van der Waals surface area contributed by atoms with Crippen LogP contribution in [0.3, 0.4) is 0 Å². The van der Waals surface area contributed by atoms with Crippen LogP contribution in [0.2, 0.25) is 0 Å². The molecule has 0 saturated heterocycles. The van der Waals surface area contributed by atoms with Crippen LogP contribution < -0.4 is 15.5 Å². The zero-order chi connectivity index (χ0) is 23.4. The van der Waals surface area contributed by atoms with Crippen LogP contribution in [0.5, 0.6) is 0 Å². The molecule has 7 heteroatoms. The summed E-state index contributed by atoms with van der Waals surface area (Å²) in [5, 5.41) is 6.32. The van der Waals surface area contributed by atoms with Crippen LogP contribution in [0.15, 0.2) is 18.2 Å². The summed E-state index contributed by atoms with van der Waals surface area (Å²) >= 11 is 0. The number of nitrogens with one attached hydrogen (secondary N) is 2. The van der Waals surface area contributed by atoms with Crippen molar-refractivity contribution in [3.63, 3.8) is 0 Å². The smallest absolute Gasteiger partial charge is 0.414 e. The fourth-order valence-corrected chi connectivity index (χ4v) is 3.38. The van der Waals surface area contributed by atoms with Gasteiger partial charge in [0.2, 0.25) is 0 Å². The van der Waals surface area contributed by atoms with E-state index in [0.29, 0.717) is 19.6 Å². The Morgan fingerprint density at radius 1 is 1.00 bits per heavy atom. The monoisotopic (exact) mass is 433 g/mol. The Morgan fingerprint density at radius 2 is 1.65 bits per heavy atom. The van der Waals surface area contributed by atoms with Crippen molar-refractivity contribution >= 4 is 17.9 Å². The van der Waals surface area contributed by atoms with Crippen molar-refractivity contribution in [3.05, 3.63) is 29.3 Å². The number of rotatable bonds is 5.